The summed E-state index contributed by atoms with van der Waals surface area (Å²) in [6, 6.07) is 19.8. The Morgan fingerprint density at radius 1 is 0.652 bits per heavy atom. The summed E-state index contributed by atoms with van der Waals surface area (Å²) in [5.41, 5.74) is 0. The van der Waals surface area contributed by atoms with Crippen LogP contribution in [0.2, 0.25) is 5.28 Å². The van der Waals surface area contributed by atoms with Crippen LogP contribution in [0.4, 0.5) is 11.9 Å². The van der Waals surface area contributed by atoms with Gasteiger partial charge in [-0.25, -0.2) is 0 Å². The van der Waals surface area contributed by atoms with Crippen LogP contribution in [0.25, 0.3) is 0 Å². The monoisotopic (exact) mass is 361 g/mol. The summed E-state index contributed by atoms with van der Waals surface area (Å²) in [6.45, 7) is 0. The van der Waals surface area contributed by atoms with Crippen LogP contribution in [0.1, 0.15) is 0 Å². The first kappa shape index (κ1) is 15.9. The maximum absolute atomic E-state index is 5.95. The Hall–Kier alpha value is -1.96. The van der Waals surface area contributed by atoms with Gasteiger partial charge in [0.25, 0.3) is 0 Å². The molecule has 5 nitrogen and oxygen atoms in total. The highest BCUT2D eigenvalue weighted by atomic mass is 35.5. The number of halogens is 1. The molecular weight excluding hydrogens is 350 g/mol. The average Bonchev–Trinajstić information content (AvgIpc) is 2.60. The molecule has 0 aliphatic rings. The van der Waals surface area contributed by atoms with Gasteiger partial charge in [0.1, 0.15) is 0 Å². The summed E-state index contributed by atoms with van der Waals surface area (Å²) >= 11 is 8.77. The minimum Gasteiger partial charge on any atom is -0.294 e. The molecule has 3 aromatic rings. The number of aromatic nitrogens is 3. The van der Waals surface area contributed by atoms with Gasteiger partial charge < -0.3 is 0 Å². The lowest BCUT2D eigenvalue weighted by Crippen LogP contribution is -2.01. The Morgan fingerprint density at radius 3 is 1.52 bits per heavy atom. The fourth-order valence-corrected chi connectivity index (χ4v) is 2.97. The summed E-state index contributed by atoms with van der Waals surface area (Å²) in [5, 5.41) is 0.132. The normalized spacial score (nSPS) is 10.3. The fraction of sp³-hybridized carbons (Fsp3) is 0. The Morgan fingerprint density at radius 2 is 1.09 bits per heavy atom. The summed E-state index contributed by atoms with van der Waals surface area (Å²) in [5.74, 6) is 0.796. The number of rotatable bonds is 6. The maximum Gasteiger partial charge on any atom is 0.239 e. The first-order chi connectivity index (χ1) is 11.3. The number of nitrogens with zero attached hydrogens (tertiary/aromatic N) is 3. The highest BCUT2D eigenvalue weighted by Gasteiger charge is 2.06. The van der Waals surface area contributed by atoms with Gasteiger partial charge in [-0.3, -0.25) is 9.44 Å². The number of hydrogen-bond acceptors (Lipinski definition) is 7. The summed E-state index contributed by atoms with van der Waals surface area (Å²) in [6.07, 6.45) is 0. The van der Waals surface area contributed by atoms with Crippen molar-refractivity contribution in [2.24, 2.45) is 0 Å². The predicted molar refractivity (Wildman–Crippen MR) is 96.7 cm³/mol. The van der Waals surface area contributed by atoms with Gasteiger partial charge in [0.15, 0.2) is 0 Å². The van der Waals surface area contributed by atoms with Crippen LogP contribution in [0.5, 0.6) is 0 Å². The first-order valence-electron chi connectivity index (χ1n) is 6.67. The number of anilines is 2. The summed E-state index contributed by atoms with van der Waals surface area (Å²) < 4.78 is 6.12. The average molecular weight is 362 g/mol. The molecule has 2 N–H and O–H groups in total. The molecule has 0 radical (unpaired) electrons. The molecule has 0 bridgehead atoms. The smallest absolute Gasteiger partial charge is 0.239 e. The standard InChI is InChI=1S/C15H12ClN5S2/c16-13-17-14(20-22-11-7-3-1-4-8-11)19-15(18-13)21-23-12-9-5-2-6-10-12/h1-10H,(H2,17,18,19,20,21). The molecule has 8 heteroatoms. The van der Waals surface area contributed by atoms with Crippen molar-refractivity contribution in [2.75, 3.05) is 9.44 Å². The molecular formula is C15H12ClN5S2. The van der Waals surface area contributed by atoms with E-state index in [-0.39, 0.29) is 5.28 Å². The van der Waals surface area contributed by atoms with Crippen molar-refractivity contribution in [3.8, 4) is 0 Å². The number of nitrogens with one attached hydrogen (secondary N) is 2. The van der Waals surface area contributed by atoms with Gasteiger partial charge >= 0.3 is 0 Å². The molecule has 0 fully saturated rings. The van der Waals surface area contributed by atoms with E-state index in [1.54, 1.807) is 0 Å². The maximum atomic E-state index is 5.95. The third-order valence-electron chi connectivity index (χ3n) is 2.61. The predicted octanol–water partition coefficient (Wildman–Crippen LogP) is 4.76. The van der Waals surface area contributed by atoms with Crippen molar-refractivity contribution in [2.45, 2.75) is 9.79 Å². The van der Waals surface area contributed by atoms with Gasteiger partial charge in [0.2, 0.25) is 17.2 Å². The van der Waals surface area contributed by atoms with Crippen molar-refractivity contribution >= 4 is 47.4 Å². The molecule has 23 heavy (non-hydrogen) atoms. The van der Waals surface area contributed by atoms with E-state index in [0.29, 0.717) is 11.9 Å². The van der Waals surface area contributed by atoms with Crippen LogP contribution >= 0.6 is 35.5 Å². The number of benzene rings is 2. The molecule has 0 saturated carbocycles. The second kappa shape index (κ2) is 8.05. The molecule has 2 aromatic carbocycles. The van der Waals surface area contributed by atoms with Crippen molar-refractivity contribution in [1.82, 2.24) is 15.0 Å². The third kappa shape index (κ3) is 5.02. The Kier molecular flexibility index (Phi) is 5.57. The molecule has 1 aromatic heterocycles. The van der Waals surface area contributed by atoms with E-state index >= 15 is 0 Å². The van der Waals surface area contributed by atoms with E-state index in [0.717, 1.165) is 9.79 Å². The lowest BCUT2D eigenvalue weighted by atomic mass is 10.4. The lowest BCUT2D eigenvalue weighted by Gasteiger charge is -2.07. The molecule has 3 rings (SSSR count). The van der Waals surface area contributed by atoms with Gasteiger partial charge in [0.05, 0.1) is 0 Å². The molecule has 0 spiro atoms. The molecule has 0 atom stereocenters. The van der Waals surface area contributed by atoms with Crippen LogP contribution in [0.15, 0.2) is 70.5 Å². The lowest BCUT2D eigenvalue weighted by molar-refractivity contribution is 1.08. The largest absolute Gasteiger partial charge is 0.294 e. The molecule has 0 amide bonds. The Labute approximate surface area is 147 Å². The number of hydrogen-bond donors (Lipinski definition) is 2. The van der Waals surface area contributed by atoms with Gasteiger partial charge in [-0.2, -0.15) is 15.0 Å². The van der Waals surface area contributed by atoms with Crippen LogP contribution in [-0.2, 0) is 0 Å². The van der Waals surface area contributed by atoms with Crippen LogP contribution in [0, 0.1) is 0 Å². The van der Waals surface area contributed by atoms with Crippen LogP contribution in [-0.4, -0.2) is 15.0 Å². The molecule has 116 valence electrons. The second-order valence-corrected chi connectivity index (χ2v) is 6.38. The fourth-order valence-electron chi connectivity index (χ4n) is 1.63. The molecule has 0 saturated heterocycles. The zero-order chi connectivity index (χ0) is 15.9. The third-order valence-corrected chi connectivity index (χ3v) is 4.37. The zero-order valence-electron chi connectivity index (χ0n) is 11.8. The van der Waals surface area contributed by atoms with Gasteiger partial charge in [-0.15, -0.1) is 0 Å². The van der Waals surface area contributed by atoms with Crippen molar-refractivity contribution in [1.29, 1.82) is 0 Å². The van der Waals surface area contributed by atoms with E-state index in [1.807, 2.05) is 60.7 Å². The topological polar surface area (TPSA) is 62.7 Å². The SMILES string of the molecule is Clc1nc(NSc2ccccc2)nc(NSc2ccccc2)n1. The van der Waals surface area contributed by atoms with Gasteiger partial charge in [0, 0.05) is 9.79 Å². The van der Waals surface area contributed by atoms with E-state index in [9.17, 15) is 0 Å². The minimum absolute atomic E-state index is 0.132. The molecule has 0 aliphatic heterocycles. The molecule has 0 aliphatic carbocycles. The van der Waals surface area contributed by atoms with Crippen molar-refractivity contribution in [3.05, 3.63) is 65.9 Å². The highest BCUT2D eigenvalue weighted by molar-refractivity contribution is 8.00. The van der Waals surface area contributed by atoms with E-state index in [1.165, 1.54) is 23.9 Å². The summed E-state index contributed by atoms with van der Waals surface area (Å²) in [4.78, 5) is 14.5. The van der Waals surface area contributed by atoms with Crippen molar-refractivity contribution in [3.63, 3.8) is 0 Å². The van der Waals surface area contributed by atoms with E-state index in [2.05, 4.69) is 24.4 Å². The van der Waals surface area contributed by atoms with E-state index in [4.69, 9.17) is 11.6 Å². The first-order valence-corrected chi connectivity index (χ1v) is 8.68. The van der Waals surface area contributed by atoms with E-state index < -0.39 is 0 Å². The molecule has 0 unspecified atom stereocenters. The quantitative estimate of drug-likeness (QED) is 0.613. The van der Waals surface area contributed by atoms with Crippen LogP contribution in [0.3, 0.4) is 0 Å². The van der Waals surface area contributed by atoms with Crippen molar-refractivity contribution < 1.29 is 0 Å². The van der Waals surface area contributed by atoms with Gasteiger partial charge in [-0.05, 0) is 59.8 Å². The van der Waals surface area contributed by atoms with Crippen LogP contribution < -0.4 is 9.44 Å². The Balaban J connectivity index is 1.64. The Bertz CT molecular complexity index is 697. The minimum atomic E-state index is 0.132. The van der Waals surface area contributed by atoms with Gasteiger partial charge in [-0.1, -0.05) is 36.4 Å². The zero-order valence-corrected chi connectivity index (χ0v) is 14.2. The highest BCUT2D eigenvalue weighted by Crippen LogP contribution is 2.22. The second-order valence-electron chi connectivity index (χ2n) is 4.29. The molecule has 1 heterocycles. The summed E-state index contributed by atoms with van der Waals surface area (Å²) in [7, 11) is 0.